The van der Waals surface area contributed by atoms with E-state index in [-0.39, 0.29) is 24.3 Å². The van der Waals surface area contributed by atoms with Gasteiger partial charge in [0.05, 0.1) is 6.04 Å². The van der Waals surface area contributed by atoms with E-state index in [9.17, 15) is 9.18 Å². The van der Waals surface area contributed by atoms with Crippen LogP contribution in [-0.4, -0.2) is 43.6 Å². The van der Waals surface area contributed by atoms with Gasteiger partial charge in [-0.2, -0.15) is 5.10 Å². The SMILES string of the molecule is Cc1nc(C2CCCN2C(=O)Cn2cccn2)nc2c1CCCN2Cc1ccc(F)cc1. The molecule has 0 N–H and O–H groups in total. The number of anilines is 1. The second-order valence-corrected chi connectivity index (χ2v) is 8.57. The zero-order valence-electron chi connectivity index (χ0n) is 18.2. The number of fused-ring (bicyclic) bond motifs is 1. The number of halogens is 1. The van der Waals surface area contributed by atoms with Crippen molar-refractivity contribution < 1.29 is 9.18 Å². The lowest BCUT2D eigenvalue weighted by Gasteiger charge is -2.32. The Morgan fingerprint density at radius 1 is 1.16 bits per heavy atom. The van der Waals surface area contributed by atoms with Crippen LogP contribution in [0.3, 0.4) is 0 Å². The van der Waals surface area contributed by atoms with Gasteiger partial charge >= 0.3 is 0 Å². The Morgan fingerprint density at radius 3 is 2.78 bits per heavy atom. The lowest BCUT2D eigenvalue weighted by Crippen LogP contribution is -2.35. The Morgan fingerprint density at radius 2 is 2.00 bits per heavy atom. The molecule has 1 aromatic carbocycles. The molecule has 2 aromatic heterocycles. The van der Waals surface area contributed by atoms with E-state index in [1.165, 1.54) is 17.7 Å². The zero-order valence-corrected chi connectivity index (χ0v) is 18.2. The third-order valence-corrected chi connectivity index (χ3v) is 6.38. The summed E-state index contributed by atoms with van der Waals surface area (Å²) in [5, 5.41) is 4.16. The van der Waals surface area contributed by atoms with E-state index < -0.39 is 0 Å². The molecule has 7 nitrogen and oxygen atoms in total. The fourth-order valence-corrected chi connectivity index (χ4v) is 4.78. The van der Waals surface area contributed by atoms with Crippen molar-refractivity contribution in [1.82, 2.24) is 24.6 Å². The topological polar surface area (TPSA) is 67.2 Å². The van der Waals surface area contributed by atoms with Crippen LogP contribution in [0.4, 0.5) is 10.2 Å². The number of nitrogens with zero attached hydrogens (tertiary/aromatic N) is 6. The summed E-state index contributed by atoms with van der Waals surface area (Å²) in [5.41, 5.74) is 3.21. The molecule has 5 rings (SSSR count). The van der Waals surface area contributed by atoms with E-state index in [1.54, 1.807) is 17.1 Å². The van der Waals surface area contributed by atoms with Crippen LogP contribution in [0.15, 0.2) is 42.7 Å². The number of hydrogen-bond acceptors (Lipinski definition) is 5. The average molecular weight is 435 g/mol. The monoisotopic (exact) mass is 434 g/mol. The van der Waals surface area contributed by atoms with Crippen LogP contribution in [0.25, 0.3) is 0 Å². The number of rotatable bonds is 5. The molecule has 4 heterocycles. The molecule has 0 aliphatic carbocycles. The number of aromatic nitrogens is 4. The number of aryl methyl sites for hydroxylation is 1. The van der Waals surface area contributed by atoms with E-state index in [2.05, 4.69) is 10.00 Å². The van der Waals surface area contributed by atoms with Crippen molar-refractivity contribution in [3.8, 4) is 0 Å². The van der Waals surface area contributed by atoms with Crippen LogP contribution < -0.4 is 4.90 Å². The summed E-state index contributed by atoms with van der Waals surface area (Å²) >= 11 is 0. The second-order valence-electron chi connectivity index (χ2n) is 8.57. The highest BCUT2D eigenvalue weighted by atomic mass is 19.1. The van der Waals surface area contributed by atoms with Crippen LogP contribution in [-0.2, 0) is 24.3 Å². The number of amides is 1. The summed E-state index contributed by atoms with van der Waals surface area (Å²) in [6, 6.07) is 8.35. The van der Waals surface area contributed by atoms with E-state index in [4.69, 9.17) is 9.97 Å². The summed E-state index contributed by atoms with van der Waals surface area (Å²) < 4.78 is 15.0. The molecule has 0 bridgehead atoms. The number of benzene rings is 1. The first-order chi connectivity index (χ1) is 15.6. The van der Waals surface area contributed by atoms with Crippen molar-refractivity contribution in [2.45, 2.75) is 51.7 Å². The molecule has 8 heteroatoms. The Bertz CT molecular complexity index is 1100. The van der Waals surface area contributed by atoms with E-state index >= 15 is 0 Å². The van der Waals surface area contributed by atoms with Gasteiger partial charge in [-0.1, -0.05) is 12.1 Å². The molecule has 1 unspecified atom stereocenters. The lowest BCUT2D eigenvalue weighted by atomic mass is 10.0. The standard InChI is InChI=1S/C24H27FN6O/c1-17-20-5-2-12-29(15-18-7-9-19(25)10-8-18)24(20)28-23(27-17)21-6-3-14-31(21)22(32)16-30-13-4-11-26-30/h4,7-11,13,21H,2-3,5-6,12,14-16H2,1H3. The van der Waals surface area contributed by atoms with Crippen LogP contribution >= 0.6 is 0 Å². The highest BCUT2D eigenvalue weighted by molar-refractivity contribution is 5.76. The maximum absolute atomic E-state index is 13.3. The molecular weight excluding hydrogens is 407 g/mol. The highest BCUT2D eigenvalue weighted by Crippen LogP contribution is 2.34. The molecule has 0 spiro atoms. The number of hydrogen-bond donors (Lipinski definition) is 0. The number of carbonyl (C=O) groups excluding carboxylic acids is 1. The molecule has 1 fully saturated rings. The minimum Gasteiger partial charge on any atom is -0.352 e. The third kappa shape index (κ3) is 4.09. The Hall–Kier alpha value is -3.29. The van der Waals surface area contributed by atoms with Crippen molar-refractivity contribution in [3.63, 3.8) is 0 Å². The smallest absolute Gasteiger partial charge is 0.244 e. The Balaban J connectivity index is 1.42. The summed E-state index contributed by atoms with van der Waals surface area (Å²) in [5.74, 6) is 1.49. The highest BCUT2D eigenvalue weighted by Gasteiger charge is 2.34. The molecule has 32 heavy (non-hydrogen) atoms. The van der Waals surface area contributed by atoms with Crippen molar-refractivity contribution in [3.05, 3.63) is 71.2 Å². The van der Waals surface area contributed by atoms with Gasteiger partial charge in [0.1, 0.15) is 18.2 Å². The molecule has 1 saturated heterocycles. The van der Waals surface area contributed by atoms with Crippen molar-refractivity contribution >= 4 is 11.7 Å². The summed E-state index contributed by atoms with van der Waals surface area (Å²) in [4.78, 5) is 27.0. The van der Waals surface area contributed by atoms with Crippen LogP contribution in [0, 0.1) is 12.7 Å². The fraction of sp³-hybridized carbons (Fsp3) is 0.417. The number of carbonyl (C=O) groups is 1. The van der Waals surface area contributed by atoms with Gasteiger partial charge < -0.3 is 9.80 Å². The first-order valence-corrected chi connectivity index (χ1v) is 11.2. The normalized spacial score (nSPS) is 18.1. The summed E-state index contributed by atoms with van der Waals surface area (Å²) in [6.45, 7) is 4.55. The number of likely N-dealkylation sites (tertiary alicyclic amines) is 1. The van der Waals surface area contributed by atoms with Gasteiger partial charge in [0.2, 0.25) is 5.91 Å². The van der Waals surface area contributed by atoms with Gasteiger partial charge in [-0.3, -0.25) is 9.48 Å². The van der Waals surface area contributed by atoms with Gasteiger partial charge in [0, 0.05) is 43.3 Å². The molecule has 0 radical (unpaired) electrons. The van der Waals surface area contributed by atoms with Crippen LogP contribution in [0.5, 0.6) is 0 Å². The van der Waals surface area contributed by atoms with Crippen LogP contribution in [0.1, 0.15) is 47.9 Å². The van der Waals surface area contributed by atoms with Gasteiger partial charge in [-0.25, -0.2) is 14.4 Å². The Labute approximate surface area is 186 Å². The van der Waals surface area contributed by atoms with E-state index in [0.29, 0.717) is 13.1 Å². The Kier molecular flexibility index (Phi) is 5.59. The zero-order chi connectivity index (χ0) is 22.1. The maximum atomic E-state index is 13.3. The summed E-state index contributed by atoms with van der Waals surface area (Å²) in [6.07, 6.45) is 7.27. The predicted octanol–water partition coefficient (Wildman–Crippen LogP) is 3.44. The third-order valence-electron chi connectivity index (χ3n) is 6.38. The van der Waals surface area contributed by atoms with Gasteiger partial charge in [-0.05, 0) is 56.4 Å². The van der Waals surface area contributed by atoms with Crippen molar-refractivity contribution in [2.24, 2.45) is 0 Å². The van der Waals surface area contributed by atoms with Crippen LogP contribution in [0.2, 0.25) is 0 Å². The molecule has 2 aliphatic rings. The minimum atomic E-state index is -0.227. The predicted molar refractivity (Wildman–Crippen MR) is 118 cm³/mol. The molecule has 1 amide bonds. The molecule has 166 valence electrons. The van der Waals surface area contributed by atoms with Crippen molar-refractivity contribution in [1.29, 1.82) is 0 Å². The van der Waals surface area contributed by atoms with E-state index in [0.717, 1.165) is 55.1 Å². The van der Waals surface area contributed by atoms with Gasteiger partial charge in [-0.15, -0.1) is 0 Å². The molecule has 1 atom stereocenters. The first kappa shape index (κ1) is 20.6. The fourth-order valence-electron chi connectivity index (χ4n) is 4.78. The largest absolute Gasteiger partial charge is 0.352 e. The van der Waals surface area contributed by atoms with Gasteiger partial charge in [0.25, 0.3) is 0 Å². The molecule has 2 aliphatic heterocycles. The second kappa shape index (κ2) is 8.68. The van der Waals surface area contributed by atoms with E-state index in [1.807, 2.05) is 30.0 Å². The molecule has 3 aromatic rings. The molecule has 0 saturated carbocycles. The maximum Gasteiger partial charge on any atom is 0.244 e. The average Bonchev–Trinajstić information content (AvgIpc) is 3.48. The first-order valence-electron chi connectivity index (χ1n) is 11.2. The van der Waals surface area contributed by atoms with Gasteiger partial charge in [0.15, 0.2) is 5.82 Å². The minimum absolute atomic E-state index is 0.0401. The molecular formula is C24H27FN6O. The summed E-state index contributed by atoms with van der Waals surface area (Å²) in [7, 11) is 0. The quantitative estimate of drug-likeness (QED) is 0.616. The lowest BCUT2D eigenvalue weighted by molar-refractivity contribution is -0.133. The van der Waals surface area contributed by atoms with Crippen molar-refractivity contribution in [2.75, 3.05) is 18.0 Å².